The van der Waals surface area contributed by atoms with Crippen molar-refractivity contribution in [2.24, 2.45) is 33.7 Å². The van der Waals surface area contributed by atoms with Crippen molar-refractivity contribution in [3.8, 4) is 5.75 Å². The fourth-order valence-electron chi connectivity index (χ4n) is 8.43. The van der Waals surface area contributed by atoms with Gasteiger partial charge in [0, 0.05) is 56.3 Å². The van der Waals surface area contributed by atoms with Gasteiger partial charge < -0.3 is 75.5 Å². The van der Waals surface area contributed by atoms with Gasteiger partial charge in [0.05, 0.1) is 6.42 Å². The summed E-state index contributed by atoms with van der Waals surface area (Å²) in [6, 6.07) is 3.45. The second-order valence-corrected chi connectivity index (χ2v) is 22.7. The maximum Gasteiger partial charge on any atom is 0.246 e. The zero-order valence-corrected chi connectivity index (χ0v) is 45.6. The Balaban J connectivity index is 1.76. The lowest BCUT2D eigenvalue weighted by Gasteiger charge is -2.33. The van der Waals surface area contributed by atoms with Gasteiger partial charge in [-0.1, -0.05) is 64.1 Å². The van der Waals surface area contributed by atoms with Crippen LogP contribution in [0.15, 0.2) is 59.6 Å². The molecular formula is C50H72N14O12S2. The molecule has 4 rings (SSSR count). The number of nitrogens with two attached hydrogens (primary N) is 5. The quantitative estimate of drug-likeness (QED) is 0.0292. The van der Waals surface area contributed by atoms with Crippen molar-refractivity contribution in [2.45, 2.75) is 138 Å². The van der Waals surface area contributed by atoms with Crippen LogP contribution in [0.3, 0.4) is 0 Å². The maximum absolute atomic E-state index is 14.8. The normalized spacial score (nSPS) is 22.5. The molecule has 8 atom stereocenters. The van der Waals surface area contributed by atoms with Crippen LogP contribution in [0.25, 0.3) is 0 Å². The molecule has 17 N–H and O–H groups in total. The minimum Gasteiger partial charge on any atom is -0.508 e. The lowest BCUT2D eigenvalue weighted by atomic mass is 10.00. The Bertz CT molecular complexity index is 2540. The number of aromatic hydroxyl groups is 1. The molecule has 0 spiro atoms. The van der Waals surface area contributed by atoms with E-state index in [0.717, 1.165) is 10.8 Å². The Kier molecular flexibility index (Phi) is 24.0. The van der Waals surface area contributed by atoms with Crippen LogP contribution in [0.5, 0.6) is 5.75 Å². The average Bonchev–Trinajstić information content (AvgIpc) is 3.90. The van der Waals surface area contributed by atoms with E-state index in [9.17, 15) is 57.8 Å². The Morgan fingerprint density at radius 2 is 1.41 bits per heavy atom. The van der Waals surface area contributed by atoms with E-state index in [2.05, 4.69) is 36.9 Å². The summed E-state index contributed by atoms with van der Waals surface area (Å²) in [5, 5.41) is 25.5. The summed E-state index contributed by atoms with van der Waals surface area (Å²) in [5.41, 5.74) is 28.5. The van der Waals surface area contributed by atoms with Crippen LogP contribution < -0.4 is 60.6 Å². The molecule has 0 bridgehead atoms. The number of guanidine groups is 1. The molecule has 2 heterocycles. The van der Waals surface area contributed by atoms with Gasteiger partial charge in [-0.25, -0.2) is 0 Å². The highest BCUT2D eigenvalue weighted by Gasteiger charge is 2.41. The predicted octanol–water partition coefficient (Wildman–Crippen LogP) is -2.83. The number of carbonyl (C=O) groups is 11. The molecule has 0 aliphatic carbocycles. The molecule has 0 aromatic heterocycles. The van der Waals surface area contributed by atoms with Gasteiger partial charge in [-0.3, -0.25) is 57.7 Å². The largest absolute Gasteiger partial charge is 0.508 e. The van der Waals surface area contributed by atoms with E-state index in [-0.39, 0.29) is 69.1 Å². The summed E-state index contributed by atoms with van der Waals surface area (Å²) in [6.45, 7) is 4.95. The highest BCUT2D eigenvalue weighted by molar-refractivity contribution is 8.77. The zero-order valence-electron chi connectivity index (χ0n) is 44.0. The fraction of sp³-hybridized carbons (Fsp3) is 0.520. The third-order valence-corrected chi connectivity index (χ3v) is 16.0. The number of hydrogen-bond donors (Lipinski definition) is 12. The van der Waals surface area contributed by atoms with Crippen molar-refractivity contribution in [3.05, 3.63) is 65.7 Å². The van der Waals surface area contributed by atoms with Crippen molar-refractivity contribution in [1.82, 2.24) is 41.7 Å². The topological polar surface area (TPSA) is 429 Å². The molecule has 2 aliphatic heterocycles. The van der Waals surface area contributed by atoms with Gasteiger partial charge in [0.2, 0.25) is 65.0 Å². The summed E-state index contributed by atoms with van der Waals surface area (Å²) < 4.78 is -0.939. The van der Waals surface area contributed by atoms with E-state index in [4.69, 9.17) is 28.7 Å². The summed E-state index contributed by atoms with van der Waals surface area (Å²) in [6.07, 6.45) is -1.41. The van der Waals surface area contributed by atoms with E-state index in [1.165, 1.54) is 46.7 Å². The SMILES string of the molecule is C[C@H](NC(=O)[C@H](CCCN=C(N)N)NC(=O)[C@@H]1CCCN1C(=O)[C@H]1CSSC(C)(C)CC(=O)N(C)[C@@H](Cc2ccc(O)cc2)C(=O)N[C@H](Cc2ccccc2)C(=O)N[C@@H](CCC(N)=O)C(=O)N[C@H](CC(N)=O)C(=O)N1)C(N)=O. The number of likely N-dealkylation sites (N-methyl/N-ethyl adjacent to an activating group) is 1. The van der Waals surface area contributed by atoms with Crippen molar-refractivity contribution in [3.63, 3.8) is 0 Å². The highest BCUT2D eigenvalue weighted by atomic mass is 33.1. The van der Waals surface area contributed by atoms with Gasteiger partial charge in [0.1, 0.15) is 54.1 Å². The molecule has 2 aromatic rings. The first-order valence-corrected chi connectivity index (χ1v) is 27.5. The third kappa shape index (κ3) is 20.1. The number of hydrogen-bond acceptors (Lipinski definition) is 15. The standard InChI is InChI=1S/C50H72N14O12S2/c1-27(41(53)69)57-42(70)31(12-8-20-56-49(54)55)59-46(74)36-13-9-21-64(36)48(76)35-26-77-78-50(2,3)25-40(68)63(4)37(23-29-14-16-30(65)17-15-29)47(75)61-33(22-28-10-6-5-7-11-28)44(72)58-32(18-19-38(51)66)43(71)60-34(24-39(52)67)45(73)62-35/h5-7,10-11,14-17,27,31-37,65H,8-9,12-13,18-26H2,1-4H3,(H2,51,66)(H2,52,67)(H2,53,69)(H,57,70)(H,58,72)(H,59,74)(H,60,71)(H,61,75)(H,62,73)(H4,54,55,56)/t27-,31-,32-,33+,34+,35+,36-,37-/m0/s1. The van der Waals surface area contributed by atoms with Gasteiger partial charge in [-0.15, -0.1) is 0 Å². The van der Waals surface area contributed by atoms with Gasteiger partial charge in [0.15, 0.2) is 5.96 Å². The summed E-state index contributed by atoms with van der Waals surface area (Å²) in [7, 11) is 3.68. The van der Waals surface area contributed by atoms with Crippen LogP contribution in [-0.2, 0) is 65.6 Å². The molecular weight excluding hydrogens is 1050 g/mol. The summed E-state index contributed by atoms with van der Waals surface area (Å²) in [4.78, 5) is 157. The monoisotopic (exact) mass is 1120 g/mol. The van der Waals surface area contributed by atoms with E-state index in [0.29, 0.717) is 17.5 Å². The third-order valence-electron chi connectivity index (χ3n) is 12.7. The van der Waals surface area contributed by atoms with Crippen LogP contribution in [0.2, 0.25) is 0 Å². The molecule has 0 saturated carbocycles. The van der Waals surface area contributed by atoms with Crippen molar-refractivity contribution >= 4 is 92.5 Å². The number of carbonyl (C=O) groups excluding carboxylic acids is 11. The second kappa shape index (κ2) is 29.8. The number of primary amides is 3. The minimum atomic E-state index is -1.79. The van der Waals surface area contributed by atoms with E-state index < -0.39 is 137 Å². The lowest BCUT2D eigenvalue weighted by molar-refractivity contribution is -0.142. The molecule has 28 heteroatoms. The Morgan fingerprint density at radius 1 is 0.795 bits per heavy atom. The molecule has 78 heavy (non-hydrogen) atoms. The fourth-order valence-corrected chi connectivity index (χ4v) is 11.1. The number of aliphatic imine (C=N–C) groups is 1. The zero-order chi connectivity index (χ0) is 57.9. The first kappa shape index (κ1) is 62.9. The van der Waals surface area contributed by atoms with Crippen LogP contribution in [0.4, 0.5) is 0 Å². The molecule has 2 aromatic carbocycles. The number of amides is 11. The van der Waals surface area contributed by atoms with Crippen molar-refractivity contribution < 1.29 is 57.8 Å². The van der Waals surface area contributed by atoms with E-state index in [1.54, 1.807) is 56.3 Å². The number of phenolic OH excluding ortho intramolecular Hbond substituents is 1. The number of benzene rings is 2. The van der Waals surface area contributed by atoms with E-state index in [1.807, 2.05) is 0 Å². The van der Waals surface area contributed by atoms with E-state index >= 15 is 0 Å². The minimum absolute atomic E-state index is 0.00169. The molecule has 0 radical (unpaired) electrons. The predicted molar refractivity (Wildman–Crippen MR) is 291 cm³/mol. The van der Waals surface area contributed by atoms with Gasteiger partial charge in [-0.2, -0.15) is 0 Å². The lowest BCUT2D eigenvalue weighted by Crippen LogP contribution is -2.61. The van der Waals surface area contributed by atoms with Crippen LogP contribution in [-0.4, -0.2) is 165 Å². The van der Waals surface area contributed by atoms with Crippen LogP contribution in [0, 0.1) is 0 Å². The number of nitrogens with one attached hydrogen (secondary N) is 6. The molecule has 426 valence electrons. The Labute approximate surface area is 459 Å². The molecule has 2 saturated heterocycles. The molecule has 26 nitrogen and oxygen atoms in total. The molecule has 11 amide bonds. The summed E-state index contributed by atoms with van der Waals surface area (Å²) >= 11 is 0. The molecule has 0 unspecified atom stereocenters. The summed E-state index contributed by atoms with van der Waals surface area (Å²) in [5.74, 6) is -9.80. The number of nitrogens with zero attached hydrogens (tertiary/aromatic N) is 3. The smallest absolute Gasteiger partial charge is 0.246 e. The van der Waals surface area contributed by atoms with Gasteiger partial charge in [-0.05, 0) is 76.1 Å². The first-order chi connectivity index (χ1) is 36.7. The van der Waals surface area contributed by atoms with Gasteiger partial charge >= 0.3 is 0 Å². The van der Waals surface area contributed by atoms with Crippen LogP contribution in [0.1, 0.15) is 83.3 Å². The molecule has 2 fully saturated rings. The van der Waals surface area contributed by atoms with Crippen molar-refractivity contribution in [2.75, 3.05) is 25.9 Å². The first-order valence-electron chi connectivity index (χ1n) is 25.2. The maximum atomic E-state index is 14.8. The number of likely N-dealkylation sites (tertiary alicyclic amines) is 1. The second-order valence-electron chi connectivity index (χ2n) is 19.6. The highest BCUT2D eigenvalue weighted by Crippen LogP contribution is 2.39. The van der Waals surface area contributed by atoms with Gasteiger partial charge in [0.25, 0.3) is 0 Å². The molecule has 2 aliphatic rings. The Morgan fingerprint density at radius 3 is 2.04 bits per heavy atom. The number of rotatable bonds is 19. The Hall–Kier alpha value is -7.62. The van der Waals surface area contributed by atoms with Crippen molar-refractivity contribution in [1.29, 1.82) is 0 Å². The van der Waals surface area contributed by atoms with Crippen LogP contribution >= 0.6 is 21.6 Å². The average molecular weight is 1130 g/mol. The number of phenols is 1.